The summed E-state index contributed by atoms with van der Waals surface area (Å²) in [5.41, 5.74) is 5.88. The lowest BCUT2D eigenvalue weighted by molar-refractivity contribution is 0.0696. The number of benzene rings is 3. The summed E-state index contributed by atoms with van der Waals surface area (Å²) >= 11 is 0. The van der Waals surface area contributed by atoms with Gasteiger partial charge >= 0.3 is 11.9 Å². The molecule has 0 saturated carbocycles. The maximum Gasteiger partial charge on any atom is 0.335 e. The Bertz CT molecular complexity index is 1340. The second-order valence-corrected chi connectivity index (χ2v) is 7.50. The highest BCUT2D eigenvalue weighted by Crippen LogP contribution is 2.22. The molecule has 170 valence electrons. The van der Waals surface area contributed by atoms with Gasteiger partial charge in [0.25, 0.3) is 0 Å². The molecule has 1 heterocycles. The fourth-order valence-electron chi connectivity index (χ4n) is 3.35. The normalized spacial score (nSPS) is 10.9. The fraction of sp³-hybridized carbons (Fsp3) is 0.0741. The smallest absolute Gasteiger partial charge is 0.335 e. The Kier molecular flexibility index (Phi) is 6.84. The van der Waals surface area contributed by atoms with E-state index in [9.17, 15) is 9.59 Å². The Labute approximate surface area is 196 Å². The van der Waals surface area contributed by atoms with Crippen molar-refractivity contribution in [2.75, 3.05) is 0 Å². The number of rotatable bonds is 9. The molecule has 34 heavy (non-hydrogen) atoms. The van der Waals surface area contributed by atoms with E-state index < -0.39 is 11.9 Å². The van der Waals surface area contributed by atoms with E-state index in [0.29, 0.717) is 24.4 Å². The van der Waals surface area contributed by atoms with Crippen LogP contribution in [-0.4, -0.2) is 23.2 Å². The number of hydrazone groups is 1. The Morgan fingerprint density at radius 1 is 1.06 bits per heavy atom. The van der Waals surface area contributed by atoms with Crippen LogP contribution in [0.5, 0.6) is 5.75 Å². The lowest BCUT2D eigenvalue weighted by Gasteiger charge is -2.12. The first-order chi connectivity index (χ1) is 16.5. The van der Waals surface area contributed by atoms with E-state index in [2.05, 4.69) is 17.1 Å². The van der Waals surface area contributed by atoms with Crippen molar-refractivity contribution in [3.63, 3.8) is 0 Å². The molecule has 0 bridgehead atoms. The minimum atomic E-state index is -0.966. The third-order valence-corrected chi connectivity index (χ3v) is 5.07. The van der Waals surface area contributed by atoms with Gasteiger partial charge in [-0.3, -0.25) is 4.79 Å². The number of carboxylic acids is 1. The van der Waals surface area contributed by atoms with Gasteiger partial charge in [-0.1, -0.05) is 36.4 Å². The van der Waals surface area contributed by atoms with Crippen molar-refractivity contribution in [3.8, 4) is 5.75 Å². The third-order valence-electron chi connectivity index (χ3n) is 5.07. The average Bonchev–Trinajstić information content (AvgIpc) is 3.28. The van der Waals surface area contributed by atoms with Crippen LogP contribution in [0.1, 0.15) is 37.6 Å². The number of nitrogens with one attached hydrogen (secondary N) is 1. The quantitative estimate of drug-likeness (QED) is 0.206. The molecule has 0 fully saturated rings. The second-order valence-electron chi connectivity index (χ2n) is 7.50. The molecule has 0 spiro atoms. The van der Waals surface area contributed by atoms with Gasteiger partial charge in [0.1, 0.15) is 17.9 Å². The molecule has 0 aliphatic carbocycles. The summed E-state index contributed by atoms with van der Waals surface area (Å²) in [5, 5.41) is 13.9. The molecule has 0 radical (unpaired) electrons. The van der Waals surface area contributed by atoms with Crippen molar-refractivity contribution in [2.24, 2.45) is 5.10 Å². The topological polar surface area (TPSA) is 101 Å². The van der Waals surface area contributed by atoms with Gasteiger partial charge in [0.15, 0.2) is 5.76 Å². The lowest BCUT2D eigenvalue weighted by atomic mass is 10.1. The second kappa shape index (κ2) is 10.3. The number of aromatic carboxylic acids is 1. The van der Waals surface area contributed by atoms with Crippen LogP contribution in [0.25, 0.3) is 11.0 Å². The van der Waals surface area contributed by atoms with Crippen molar-refractivity contribution >= 4 is 29.1 Å². The lowest BCUT2D eigenvalue weighted by Crippen LogP contribution is -2.16. The number of hydrogen-bond acceptors (Lipinski definition) is 5. The van der Waals surface area contributed by atoms with Crippen LogP contribution < -0.4 is 10.2 Å². The first kappa shape index (κ1) is 22.5. The van der Waals surface area contributed by atoms with E-state index in [1.54, 1.807) is 48.7 Å². The van der Waals surface area contributed by atoms with E-state index in [1.165, 1.54) is 0 Å². The zero-order chi connectivity index (χ0) is 23.9. The molecule has 7 nitrogen and oxygen atoms in total. The van der Waals surface area contributed by atoms with Crippen LogP contribution >= 0.6 is 0 Å². The SMILES string of the molecule is C=CCc1cc(/C=N/NC(=O)c2cc3ccccc3o2)ccc1OCc1ccc(C(=O)O)cc1. The number of carboxylic acid groups (broad SMARTS) is 1. The van der Waals surface area contributed by atoms with Gasteiger partial charge in [-0.2, -0.15) is 5.10 Å². The van der Waals surface area contributed by atoms with Gasteiger partial charge in [0, 0.05) is 5.39 Å². The molecule has 0 unspecified atom stereocenters. The van der Waals surface area contributed by atoms with Gasteiger partial charge in [0.05, 0.1) is 11.8 Å². The summed E-state index contributed by atoms with van der Waals surface area (Å²) < 4.78 is 11.5. The maximum absolute atomic E-state index is 12.3. The first-order valence-electron chi connectivity index (χ1n) is 10.5. The summed E-state index contributed by atoms with van der Waals surface area (Å²) in [6.45, 7) is 4.09. The van der Waals surface area contributed by atoms with E-state index in [1.807, 2.05) is 36.4 Å². The van der Waals surface area contributed by atoms with Gasteiger partial charge in [-0.05, 0) is 65.6 Å². The molecule has 4 rings (SSSR count). The van der Waals surface area contributed by atoms with Crippen LogP contribution in [0.4, 0.5) is 0 Å². The molecule has 7 heteroatoms. The zero-order valence-corrected chi connectivity index (χ0v) is 18.2. The van der Waals surface area contributed by atoms with Crippen LogP contribution in [0, 0.1) is 0 Å². The highest BCUT2D eigenvalue weighted by molar-refractivity contribution is 5.96. The number of furan rings is 1. The predicted octanol–water partition coefficient (Wildman–Crippen LogP) is 5.20. The molecule has 0 saturated heterocycles. The number of carbonyl (C=O) groups excluding carboxylic acids is 1. The number of nitrogens with zero attached hydrogens (tertiary/aromatic N) is 1. The number of para-hydroxylation sites is 1. The van der Waals surface area contributed by atoms with Gasteiger partial charge < -0.3 is 14.3 Å². The molecule has 0 aliphatic heterocycles. The molecular weight excluding hydrogens is 432 g/mol. The van der Waals surface area contributed by atoms with Crippen LogP contribution in [0.15, 0.2) is 95.0 Å². The Hall–Kier alpha value is -4.65. The number of carbonyl (C=O) groups is 2. The van der Waals surface area contributed by atoms with Crippen molar-refractivity contribution in [1.29, 1.82) is 0 Å². The molecule has 1 amide bonds. The van der Waals surface area contributed by atoms with Gasteiger partial charge in [-0.25, -0.2) is 10.2 Å². The minimum Gasteiger partial charge on any atom is -0.489 e. The molecule has 1 aromatic heterocycles. The summed E-state index contributed by atoms with van der Waals surface area (Å²) in [4.78, 5) is 23.3. The predicted molar refractivity (Wildman–Crippen MR) is 129 cm³/mol. The van der Waals surface area contributed by atoms with Gasteiger partial charge in [-0.15, -0.1) is 6.58 Å². The average molecular weight is 454 g/mol. The number of allylic oxidation sites excluding steroid dienone is 1. The molecule has 0 atom stereocenters. The summed E-state index contributed by atoms with van der Waals surface area (Å²) in [5.74, 6) is -0.532. The van der Waals surface area contributed by atoms with Crippen molar-refractivity contribution in [1.82, 2.24) is 5.43 Å². The van der Waals surface area contributed by atoms with Crippen molar-refractivity contribution < 1.29 is 23.8 Å². The first-order valence-corrected chi connectivity index (χ1v) is 10.5. The highest BCUT2D eigenvalue weighted by Gasteiger charge is 2.11. The zero-order valence-electron chi connectivity index (χ0n) is 18.2. The molecule has 4 aromatic rings. The van der Waals surface area contributed by atoms with E-state index in [-0.39, 0.29) is 11.3 Å². The number of amides is 1. The monoisotopic (exact) mass is 454 g/mol. The number of ether oxygens (including phenoxy) is 1. The van der Waals surface area contributed by atoms with E-state index in [4.69, 9.17) is 14.3 Å². The van der Waals surface area contributed by atoms with E-state index >= 15 is 0 Å². The van der Waals surface area contributed by atoms with E-state index in [0.717, 1.165) is 22.1 Å². The largest absolute Gasteiger partial charge is 0.489 e. The van der Waals surface area contributed by atoms with Crippen LogP contribution in [0.2, 0.25) is 0 Å². The molecule has 0 aliphatic rings. The Balaban J connectivity index is 1.40. The standard InChI is InChI=1S/C27H22N2O5/c1-2-5-21-14-19(10-13-23(21)33-17-18-8-11-20(12-9-18)27(31)32)16-28-29-26(30)25-15-22-6-3-4-7-24(22)34-25/h2-4,6-16H,1,5,17H2,(H,29,30)(H,31,32)/b28-16+. The molecule has 2 N–H and O–H groups in total. The molecular formula is C27H22N2O5. The Morgan fingerprint density at radius 2 is 1.85 bits per heavy atom. The molecule has 3 aromatic carbocycles. The van der Waals surface area contributed by atoms with Crippen LogP contribution in [-0.2, 0) is 13.0 Å². The van der Waals surface area contributed by atoms with Gasteiger partial charge in [0.2, 0.25) is 0 Å². The number of fused-ring (bicyclic) bond motifs is 1. The van der Waals surface area contributed by atoms with Crippen molar-refractivity contribution in [2.45, 2.75) is 13.0 Å². The third kappa shape index (κ3) is 5.39. The highest BCUT2D eigenvalue weighted by atomic mass is 16.5. The fourth-order valence-corrected chi connectivity index (χ4v) is 3.35. The van der Waals surface area contributed by atoms with Crippen molar-refractivity contribution in [3.05, 3.63) is 113 Å². The summed E-state index contributed by atoms with van der Waals surface area (Å²) in [7, 11) is 0. The number of hydrogen-bond donors (Lipinski definition) is 2. The van der Waals surface area contributed by atoms with Crippen LogP contribution in [0.3, 0.4) is 0 Å². The summed E-state index contributed by atoms with van der Waals surface area (Å²) in [6.07, 6.45) is 3.90. The maximum atomic E-state index is 12.3. The minimum absolute atomic E-state index is 0.186. The Morgan fingerprint density at radius 3 is 2.59 bits per heavy atom. The summed E-state index contributed by atoms with van der Waals surface area (Å²) in [6, 6.07) is 21.2.